The van der Waals surface area contributed by atoms with Crippen LogP contribution in [0.2, 0.25) is 0 Å². The Labute approximate surface area is 140 Å². The van der Waals surface area contributed by atoms with Gasteiger partial charge in [0.1, 0.15) is 0 Å². The molecule has 5 nitrogen and oxygen atoms in total. The van der Waals surface area contributed by atoms with Gasteiger partial charge in [0.15, 0.2) is 5.96 Å². The van der Waals surface area contributed by atoms with Gasteiger partial charge in [0.2, 0.25) is 0 Å². The van der Waals surface area contributed by atoms with E-state index in [9.17, 15) is 0 Å². The van der Waals surface area contributed by atoms with Gasteiger partial charge in [-0.3, -0.25) is 9.89 Å². The Morgan fingerprint density at radius 2 is 2.00 bits per heavy atom. The number of hydrogen-bond acceptors (Lipinski definition) is 4. The van der Waals surface area contributed by atoms with Gasteiger partial charge >= 0.3 is 0 Å². The van der Waals surface area contributed by atoms with E-state index in [1.165, 1.54) is 6.42 Å². The maximum absolute atomic E-state index is 5.48. The summed E-state index contributed by atoms with van der Waals surface area (Å²) in [5, 5.41) is 6.75. The Morgan fingerprint density at radius 1 is 1.27 bits per heavy atom. The van der Waals surface area contributed by atoms with Crippen LogP contribution in [-0.2, 0) is 4.74 Å². The molecule has 1 unspecified atom stereocenters. The van der Waals surface area contributed by atoms with Crippen molar-refractivity contribution in [2.75, 3.05) is 57.9 Å². The molecule has 0 radical (unpaired) electrons. The van der Waals surface area contributed by atoms with Crippen LogP contribution in [0.4, 0.5) is 0 Å². The van der Waals surface area contributed by atoms with Gasteiger partial charge in [-0.15, -0.1) is 0 Å². The van der Waals surface area contributed by atoms with E-state index in [4.69, 9.17) is 9.73 Å². The number of ether oxygens (including phenoxy) is 1. The van der Waals surface area contributed by atoms with Crippen LogP contribution >= 0.6 is 11.8 Å². The molecule has 2 N–H and O–H groups in total. The Morgan fingerprint density at radius 3 is 2.59 bits per heavy atom. The molecule has 22 heavy (non-hydrogen) atoms. The molecular formula is C16H34N4OS. The van der Waals surface area contributed by atoms with E-state index in [-0.39, 0.29) is 0 Å². The second-order valence-corrected chi connectivity index (χ2v) is 7.06. The second-order valence-electron chi connectivity index (χ2n) is 6.07. The van der Waals surface area contributed by atoms with Crippen LogP contribution in [0.1, 0.15) is 27.2 Å². The third-order valence-corrected chi connectivity index (χ3v) is 4.32. The van der Waals surface area contributed by atoms with Gasteiger partial charge < -0.3 is 15.4 Å². The highest BCUT2D eigenvalue weighted by Crippen LogP contribution is 2.14. The number of rotatable bonds is 9. The fourth-order valence-electron chi connectivity index (χ4n) is 2.64. The number of hydrogen-bond donors (Lipinski definition) is 2. The first-order valence-corrected chi connectivity index (χ1v) is 9.89. The lowest BCUT2D eigenvalue weighted by Crippen LogP contribution is -2.46. The maximum Gasteiger partial charge on any atom is 0.191 e. The molecule has 0 saturated carbocycles. The molecule has 1 heterocycles. The lowest BCUT2D eigenvalue weighted by molar-refractivity contribution is 0.0143. The van der Waals surface area contributed by atoms with Crippen molar-refractivity contribution < 1.29 is 4.74 Å². The van der Waals surface area contributed by atoms with Gasteiger partial charge in [-0.2, -0.15) is 11.8 Å². The zero-order valence-electron chi connectivity index (χ0n) is 14.7. The Hall–Kier alpha value is -0.460. The average Bonchev–Trinajstić information content (AvgIpc) is 2.52. The molecule has 0 aromatic carbocycles. The standard InChI is InChI=1S/C16H34N4OS/c1-5-17-16(18-6-11-22-4)19-13-15(12-14(2)3)20-7-9-21-10-8-20/h14-15H,5-13H2,1-4H3,(H2,17,18,19). The topological polar surface area (TPSA) is 48.9 Å². The van der Waals surface area contributed by atoms with Gasteiger partial charge in [-0.1, -0.05) is 13.8 Å². The predicted octanol–water partition coefficient (Wildman–Crippen LogP) is 1.65. The molecule has 0 spiro atoms. The Kier molecular flexibility index (Phi) is 10.7. The lowest BCUT2D eigenvalue weighted by Gasteiger charge is -2.34. The van der Waals surface area contributed by atoms with Crippen LogP contribution < -0.4 is 10.6 Å². The molecule has 1 aliphatic heterocycles. The Bertz CT molecular complexity index is 307. The van der Waals surface area contributed by atoms with Crippen molar-refractivity contribution in [1.82, 2.24) is 15.5 Å². The van der Waals surface area contributed by atoms with Gasteiger partial charge in [0.05, 0.1) is 19.8 Å². The van der Waals surface area contributed by atoms with Crippen LogP contribution in [0.15, 0.2) is 4.99 Å². The number of guanidine groups is 1. The van der Waals surface area contributed by atoms with Crippen LogP contribution in [-0.4, -0.2) is 74.8 Å². The minimum atomic E-state index is 0.514. The normalized spacial score (nSPS) is 18.5. The van der Waals surface area contributed by atoms with Crippen molar-refractivity contribution in [3.63, 3.8) is 0 Å². The van der Waals surface area contributed by atoms with Crippen molar-refractivity contribution in [2.45, 2.75) is 33.2 Å². The highest BCUT2D eigenvalue weighted by atomic mass is 32.2. The molecular weight excluding hydrogens is 296 g/mol. The van der Waals surface area contributed by atoms with Gasteiger partial charge in [0, 0.05) is 38.0 Å². The highest BCUT2D eigenvalue weighted by Gasteiger charge is 2.21. The molecule has 0 amide bonds. The molecule has 6 heteroatoms. The summed E-state index contributed by atoms with van der Waals surface area (Å²) in [6, 6.07) is 0.514. The van der Waals surface area contributed by atoms with Crippen molar-refractivity contribution in [3.8, 4) is 0 Å². The van der Waals surface area contributed by atoms with E-state index in [1.54, 1.807) is 0 Å². The number of nitrogens with zero attached hydrogens (tertiary/aromatic N) is 2. The quantitative estimate of drug-likeness (QED) is 0.382. The maximum atomic E-state index is 5.48. The summed E-state index contributed by atoms with van der Waals surface area (Å²) in [6.45, 7) is 13.2. The molecule has 0 aromatic rings. The van der Waals surface area contributed by atoms with Crippen molar-refractivity contribution in [3.05, 3.63) is 0 Å². The predicted molar refractivity (Wildman–Crippen MR) is 98.0 cm³/mol. The summed E-state index contributed by atoms with van der Waals surface area (Å²) >= 11 is 1.85. The first kappa shape index (κ1) is 19.6. The largest absolute Gasteiger partial charge is 0.379 e. The van der Waals surface area contributed by atoms with E-state index in [1.807, 2.05) is 11.8 Å². The molecule has 0 aromatic heterocycles. The average molecular weight is 331 g/mol. The first-order chi connectivity index (χ1) is 10.7. The summed E-state index contributed by atoms with van der Waals surface area (Å²) in [5.41, 5.74) is 0. The van der Waals surface area contributed by atoms with E-state index in [2.05, 4.69) is 42.6 Å². The van der Waals surface area contributed by atoms with E-state index < -0.39 is 0 Å². The molecule has 1 aliphatic rings. The van der Waals surface area contributed by atoms with E-state index in [0.717, 1.165) is 57.6 Å². The number of thioether (sulfide) groups is 1. The van der Waals surface area contributed by atoms with Gasteiger partial charge in [-0.25, -0.2) is 0 Å². The second kappa shape index (κ2) is 12.0. The summed E-state index contributed by atoms with van der Waals surface area (Å²) in [5.74, 6) is 2.73. The van der Waals surface area contributed by atoms with Crippen LogP contribution in [0.5, 0.6) is 0 Å². The van der Waals surface area contributed by atoms with Crippen molar-refractivity contribution in [2.24, 2.45) is 10.9 Å². The number of aliphatic imine (C=N–C) groups is 1. The van der Waals surface area contributed by atoms with E-state index >= 15 is 0 Å². The molecule has 130 valence electrons. The van der Waals surface area contributed by atoms with Crippen LogP contribution in [0.25, 0.3) is 0 Å². The monoisotopic (exact) mass is 330 g/mol. The lowest BCUT2D eigenvalue weighted by atomic mass is 10.0. The molecule has 0 bridgehead atoms. The minimum Gasteiger partial charge on any atom is -0.379 e. The Balaban J connectivity index is 2.57. The SMILES string of the molecule is CCNC(=NCC(CC(C)C)N1CCOCC1)NCCSC. The van der Waals surface area contributed by atoms with Crippen LogP contribution in [0, 0.1) is 5.92 Å². The van der Waals surface area contributed by atoms with Crippen molar-refractivity contribution in [1.29, 1.82) is 0 Å². The zero-order chi connectivity index (χ0) is 16.2. The fraction of sp³-hybridized carbons (Fsp3) is 0.938. The molecule has 1 rings (SSSR count). The zero-order valence-corrected chi connectivity index (χ0v) is 15.5. The number of nitrogens with one attached hydrogen (secondary N) is 2. The highest BCUT2D eigenvalue weighted by molar-refractivity contribution is 7.98. The number of morpholine rings is 1. The molecule has 1 fully saturated rings. The first-order valence-electron chi connectivity index (χ1n) is 8.50. The van der Waals surface area contributed by atoms with Crippen molar-refractivity contribution >= 4 is 17.7 Å². The third-order valence-electron chi connectivity index (χ3n) is 3.71. The minimum absolute atomic E-state index is 0.514. The smallest absolute Gasteiger partial charge is 0.191 e. The fourth-order valence-corrected chi connectivity index (χ4v) is 2.94. The summed E-state index contributed by atoms with van der Waals surface area (Å²) in [7, 11) is 0. The third kappa shape index (κ3) is 8.25. The summed E-state index contributed by atoms with van der Waals surface area (Å²) in [4.78, 5) is 7.36. The van der Waals surface area contributed by atoms with Crippen LogP contribution in [0.3, 0.4) is 0 Å². The molecule has 1 atom stereocenters. The summed E-state index contributed by atoms with van der Waals surface area (Å²) in [6.07, 6.45) is 3.32. The van der Waals surface area contributed by atoms with Gasteiger partial charge in [-0.05, 0) is 25.5 Å². The molecule has 0 aliphatic carbocycles. The van der Waals surface area contributed by atoms with E-state index in [0.29, 0.717) is 12.0 Å². The summed E-state index contributed by atoms with van der Waals surface area (Å²) < 4.78 is 5.48. The van der Waals surface area contributed by atoms with Gasteiger partial charge in [0.25, 0.3) is 0 Å². The molecule has 1 saturated heterocycles.